The summed E-state index contributed by atoms with van der Waals surface area (Å²) in [6, 6.07) is 12.6. The third-order valence-corrected chi connectivity index (χ3v) is 6.36. The van der Waals surface area contributed by atoms with Crippen LogP contribution < -0.4 is 23.8 Å². The molecule has 7 nitrogen and oxygen atoms in total. The summed E-state index contributed by atoms with van der Waals surface area (Å²) >= 11 is 0. The Labute approximate surface area is 158 Å². The van der Waals surface area contributed by atoms with E-state index in [0.29, 0.717) is 18.0 Å². The third-order valence-electron chi connectivity index (χ3n) is 4.94. The SMILES string of the molecule is COc1ccc(N2CCC(CNS(=O)(=O)c3ccc4c(c3)OCO4)C2)cc1. The smallest absolute Gasteiger partial charge is 0.240 e. The lowest BCUT2D eigenvalue weighted by atomic mass is 10.1. The quantitative estimate of drug-likeness (QED) is 0.815. The van der Waals surface area contributed by atoms with E-state index in [-0.39, 0.29) is 17.6 Å². The molecule has 4 rings (SSSR count). The van der Waals surface area contributed by atoms with Crippen LogP contribution in [0.15, 0.2) is 47.4 Å². The molecule has 0 bridgehead atoms. The van der Waals surface area contributed by atoms with Crippen molar-refractivity contribution in [1.29, 1.82) is 0 Å². The summed E-state index contributed by atoms with van der Waals surface area (Å²) in [4.78, 5) is 2.45. The standard InChI is InChI=1S/C19H22N2O5S/c1-24-16-4-2-15(3-5-16)21-9-8-14(12-21)11-20-27(22,23)17-6-7-18-19(10-17)26-13-25-18/h2-7,10,14,20H,8-9,11-13H2,1H3. The summed E-state index contributed by atoms with van der Waals surface area (Å²) in [6.45, 7) is 2.25. The van der Waals surface area contributed by atoms with Gasteiger partial charge in [0.1, 0.15) is 5.75 Å². The first-order valence-electron chi connectivity index (χ1n) is 8.83. The van der Waals surface area contributed by atoms with Gasteiger partial charge in [-0.25, -0.2) is 13.1 Å². The van der Waals surface area contributed by atoms with E-state index < -0.39 is 10.0 Å². The fourth-order valence-electron chi connectivity index (χ4n) is 3.38. The molecule has 0 aromatic heterocycles. The van der Waals surface area contributed by atoms with Crippen LogP contribution in [-0.2, 0) is 10.0 Å². The van der Waals surface area contributed by atoms with E-state index in [0.717, 1.165) is 30.9 Å². The molecule has 8 heteroatoms. The Morgan fingerprint density at radius 3 is 2.70 bits per heavy atom. The van der Waals surface area contributed by atoms with Crippen molar-refractivity contribution in [3.8, 4) is 17.2 Å². The molecular formula is C19H22N2O5S. The Morgan fingerprint density at radius 2 is 1.93 bits per heavy atom. The molecule has 2 aliphatic rings. The summed E-state index contributed by atoms with van der Waals surface area (Å²) in [7, 11) is -1.94. The van der Waals surface area contributed by atoms with Crippen molar-refractivity contribution in [3.05, 3.63) is 42.5 Å². The molecule has 2 heterocycles. The number of ether oxygens (including phenoxy) is 3. The lowest BCUT2D eigenvalue weighted by Gasteiger charge is -2.19. The molecule has 0 amide bonds. The Balaban J connectivity index is 1.36. The van der Waals surface area contributed by atoms with Crippen LogP contribution in [0.3, 0.4) is 0 Å². The molecule has 2 aromatic carbocycles. The molecule has 1 atom stereocenters. The zero-order chi connectivity index (χ0) is 18.9. The third kappa shape index (κ3) is 3.81. The largest absolute Gasteiger partial charge is 0.497 e. The van der Waals surface area contributed by atoms with Gasteiger partial charge in [0.05, 0.1) is 12.0 Å². The van der Waals surface area contributed by atoms with E-state index >= 15 is 0 Å². The zero-order valence-electron chi connectivity index (χ0n) is 15.1. The summed E-state index contributed by atoms with van der Waals surface area (Å²) in [5, 5.41) is 0. The summed E-state index contributed by atoms with van der Waals surface area (Å²) < 4.78 is 43.6. The van der Waals surface area contributed by atoms with Crippen molar-refractivity contribution in [2.45, 2.75) is 11.3 Å². The topological polar surface area (TPSA) is 77.1 Å². The number of rotatable bonds is 6. The average Bonchev–Trinajstić information content (AvgIpc) is 3.35. The average molecular weight is 390 g/mol. The van der Waals surface area contributed by atoms with Gasteiger partial charge in [0.2, 0.25) is 16.8 Å². The second-order valence-corrected chi connectivity index (χ2v) is 8.43. The lowest BCUT2D eigenvalue weighted by Crippen LogP contribution is -2.31. The van der Waals surface area contributed by atoms with Crippen molar-refractivity contribution in [2.75, 3.05) is 38.4 Å². The molecule has 2 aliphatic heterocycles. The van der Waals surface area contributed by atoms with Gasteiger partial charge < -0.3 is 19.1 Å². The Bertz CT molecular complexity index is 914. The highest BCUT2D eigenvalue weighted by Crippen LogP contribution is 2.34. The van der Waals surface area contributed by atoms with Crippen LogP contribution in [0, 0.1) is 5.92 Å². The highest BCUT2D eigenvalue weighted by molar-refractivity contribution is 7.89. The van der Waals surface area contributed by atoms with Crippen LogP contribution >= 0.6 is 0 Å². The second kappa shape index (κ2) is 7.28. The maximum atomic E-state index is 12.6. The number of anilines is 1. The van der Waals surface area contributed by atoms with Crippen LogP contribution in [0.2, 0.25) is 0 Å². The molecule has 144 valence electrons. The number of benzene rings is 2. The van der Waals surface area contributed by atoms with E-state index in [1.807, 2.05) is 24.3 Å². The molecule has 1 fully saturated rings. The molecule has 1 unspecified atom stereocenters. The minimum Gasteiger partial charge on any atom is -0.497 e. The maximum Gasteiger partial charge on any atom is 0.240 e. The van der Waals surface area contributed by atoms with Crippen LogP contribution in [0.1, 0.15) is 6.42 Å². The van der Waals surface area contributed by atoms with E-state index in [1.165, 1.54) is 12.1 Å². The van der Waals surface area contributed by atoms with Gasteiger partial charge in [-0.1, -0.05) is 0 Å². The minimum atomic E-state index is -3.58. The van der Waals surface area contributed by atoms with Crippen LogP contribution in [0.4, 0.5) is 5.69 Å². The van der Waals surface area contributed by atoms with Gasteiger partial charge >= 0.3 is 0 Å². The predicted octanol–water partition coefficient (Wildman–Crippen LogP) is 2.23. The lowest BCUT2D eigenvalue weighted by molar-refractivity contribution is 0.174. The first kappa shape index (κ1) is 17.9. The number of hydrogen-bond acceptors (Lipinski definition) is 6. The first-order valence-corrected chi connectivity index (χ1v) is 10.3. The van der Waals surface area contributed by atoms with Crippen molar-refractivity contribution in [1.82, 2.24) is 4.72 Å². The van der Waals surface area contributed by atoms with Crippen molar-refractivity contribution >= 4 is 15.7 Å². The van der Waals surface area contributed by atoms with Gasteiger partial charge in [-0.15, -0.1) is 0 Å². The molecule has 1 N–H and O–H groups in total. The Kier molecular flexibility index (Phi) is 4.84. The highest BCUT2D eigenvalue weighted by atomic mass is 32.2. The van der Waals surface area contributed by atoms with Crippen molar-refractivity contribution in [2.24, 2.45) is 5.92 Å². The zero-order valence-corrected chi connectivity index (χ0v) is 15.9. The van der Waals surface area contributed by atoms with Crippen LogP contribution in [-0.4, -0.2) is 42.0 Å². The summed E-state index contributed by atoms with van der Waals surface area (Å²) in [6.07, 6.45) is 0.940. The van der Waals surface area contributed by atoms with Gasteiger partial charge in [-0.2, -0.15) is 0 Å². The Hall–Kier alpha value is -2.45. The van der Waals surface area contributed by atoms with Crippen LogP contribution in [0.25, 0.3) is 0 Å². The first-order chi connectivity index (χ1) is 13.0. The van der Waals surface area contributed by atoms with Gasteiger partial charge in [-0.3, -0.25) is 0 Å². The summed E-state index contributed by atoms with van der Waals surface area (Å²) in [5.74, 6) is 2.12. The number of sulfonamides is 1. The number of fused-ring (bicyclic) bond motifs is 1. The molecule has 27 heavy (non-hydrogen) atoms. The number of methoxy groups -OCH3 is 1. The number of nitrogens with zero attached hydrogens (tertiary/aromatic N) is 1. The molecule has 1 saturated heterocycles. The van der Waals surface area contributed by atoms with E-state index in [1.54, 1.807) is 13.2 Å². The van der Waals surface area contributed by atoms with Crippen molar-refractivity contribution in [3.63, 3.8) is 0 Å². The Morgan fingerprint density at radius 1 is 1.15 bits per heavy atom. The number of hydrogen-bond donors (Lipinski definition) is 1. The second-order valence-electron chi connectivity index (χ2n) is 6.67. The van der Waals surface area contributed by atoms with Gasteiger partial charge in [0, 0.05) is 31.4 Å². The molecule has 0 radical (unpaired) electrons. The summed E-state index contributed by atoms with van der Waals surface area (Å²) in [5.41, 5.74) is 1.12. The molecule has 2 aromatic rings. The molecule has 0 spiro atoms. The fraction of sp³-hybridized carbons (Fsp3) is 0.368. The number of nitrogens with one attached hydrogen (secondary N) is 1. The minimum absolute atomic E-state index is 0.121. The van der Waals surface area contributed by atoms with E-state index in [2.05, 4.69) is 9.62 Å². The van der Waals surface area contributed by atoms with Crippen LogP contribution in [0.5, 0.6) is 17.2 Å². The van der Waals surface area contributed by atoms with Gasteiger partial charge in [0.25, 0.3) is 0 Å². The fourth-order valence-corrected chi connectivity index (χ4v) is 4.51. The molecule has 0 aliphatic carbocycles. The molecular weight excluding hydrogens is 368 g/mol. The van der Waals surface area contributed by atoms with E-state index in [4.69, 9.17) is 14.2 Å². The van der Waals surface area contributed by atoms with E-state index in [9.17, 15) is 8.42 Å². The normalized spacial score (nSPS) is 18.7. The van der Waals surface area contributed by atoms with Gasteiger partial charge in [-0.05, 0) is 48.7 Å². The van der Waals surface area contributed by atoms with Crippen molar-refractivity contribution < 1.29 is 22.6 Å². The highest BCUT2D eigenvalue weighted by Gasteiger charge is 2.26. The maximum absolute atomic E-state index is 12.6. The van der Waals surface area contributed by atoms with Gasteiger partial charge in [0.15, 0.2) is 11.5 Å². The monoisotopic (exact) mass is 390 g/mol. The molecule has 0 saturated carbocycles. The predicted molar refractivity (Wildman–Crippen MR) is 101 cm³/mol.